The number of rotatable bonds is 16. The number of carbonyl (C=O) groups is 4. The van der Waals surface area contributed by atoms with Gasteiger partial charge in [-0.2, -0.15) is 0 Å². The van der Waals surface area contributed by atoms with Crippen molar-refractivity contribution in [2.75, 3.05) is 25.6 Å². The van der Waals surface area contributed by atoms with Crippen LogP contribution in [0.25, 0.3) is 11.1 Å². The summed E-state index contributed by atoms with van der Waals surface area (Å²) < 4.78 is 23.0. The summed E-state index contributed by atoms with van der Waals surface area (Å²) in [5.74, 6) is -1.22. The third kappa shape index (κ3) is 12.5. The number of esters is 1. The number of allylic oxidation sites excluding steroid dienone is 2. The molecule has 0 unspecified atom stereocenters. The summed E-state index contributed by atoms with van der Waals surface area (Å²) in [6.45, 7) is 9.38. The van der Waals surface area contributed by atoms with Crippen molar-refractivity contribution in [3.63, 3.8) is 0 Å². The van der Waals surface area contributed by atoms with E-state index in [1.54, 1.807) is 19.1 Å². The SMILES string of the molecule is CC(=O)O[C@@H](C)/C=C\C(=O)N[C@@H]1C[C@H](C)[C@H](C/C=C(C)/C=C/[C@H]2O[C@H](CC(=O)NCCNC(=O)OCC3c4ccccc4-c4ccccc43)C[C@@](O)(CCl)[C@@H]2O)O[C@@H]1C. The highest BCUT2D eigenvalue weighted by molar-refractivity contribution is 6.18. The van der Waals surface area contributed by atoms with E-state index in [-0.39, 0.29) is 80.3 Å². The molecular formula is C45H58ClN3O10. The predicted molar refractivity (Wildman–Crippen MR) is 224 cm³/mol. The molecule has 2 heterocycles. The first-order valence-corrected chi connectivity index (χ1v) is 20.8. The highest BCUT2D eigenvalue weighted by Gasteiger charge is 2.47. The average Bonchev–Trinajstić information content (AvgIpc) is 3.52. The van der Waals surface area contributed by atoms with Gasteiger partial charge in [-0.25, -0.2) is 4.79 Å². The molecule has 0 radical (unpaired) electrons. The molecule has 0 bridgehead atoms. The van der Waals surface area contributed by atoms with E-state index in [0.29, 0.717) is 6.42 Å². The zero-order valence-electron chi connectivity index (χ0n) is 34.4. The topological polar surface area (TPSA) is 182 Å². The van der Waals surface area contributed by atoms with Gasteiger partial charge in [-0.15, -0.1) is 11.6 Å². The van der Waals surface area contributed by atoms with Crippen molar-refractivity contribution in [2.45, 2.75) is 114 Å². The zero-order chi connectivity index (χ0) is 42.7. The van der Waals surface area contributed by atoms with E-state index in [2.05, 4.69) is 47.1 Å². The molecule has 1 aliphatic carbocycles. The number of ether oxygens (including phenoxy) is 4. The van der Waals surface area contributed by atoms with Gasteiger partial charge in [-0.05, 0) is 67.9 Å². The molecule has 59 heavy (non-hydrogen) atoms. The van der Waals surface area contributed by atoms with Crippen molar-refractivity contribution in [1.29, 1.82) is 0 Å². The number of alkyl halides is 1. The second-order valence-corrected chi connectivity index (χ2v) is 16.1. The number of benzene rings is 2. The van der Waals surface area contributed by atoms with Gasteiger partial charge in [0.15, 0.2) is 0 Å². The average molecular weight is 836 g/mol. The van der Waals surface area contributed by atoms with Crippen molar-refractivity contribution in [3.05, 3.63) is 95.6 Å². The molecular weight excluding hydrogens is 778 g/mol. The maximum atomic E-state index is 12.9. The first-order chi connectivity index (χ1) is 28.2. The van der Waals surface area contributed by atoms with Gasteiger partial charge in [-0.3, -0.25) is 14.4 Å². The van der Waals surface area contributed by atoms with Crippen LogP contribution in [0.1, 0.15) is 77.3 Å². The molecule has 5 rings (SSSR count). The molecule has 2 fully saturated rings. The maximum Gasteiger partial charge on any atom is 0.407 e. The van der Waals surface area contributed by atoms with E-state index in [1.807, 2.05) is 44.2 Å². The lowest BCUT2D eigenvalue weighted by Gasteiger charge is -2.43. The molecule has 2 aromatic carbocycles. The molecule has 2 aromatic rings. The molecule has 2 saturated heterocycles. The molecule has 2 aliphatic heterocycles. The molecule has 320 valence electrons. The van der Waals surface area contributed by atoms with Crippen LogP contribution in [-0.4, -0.2) is 108 Å². The largest absolute Gasteiger partial charge is 0.459 e. The molecule has 9 atom stereocenters. The molecule has 3 amide bonds. The second-order valence-electron chi connectivity index (χ2n) is 15.8. The number of aliphatic hydroxyl groups excluding tert-OH is 1. The number of halogens is 1. The first kappa shape index (κ1) is 45.6. The number of nitrogens with one attached hydrogen (secondary N) is 3. The van der Waals surface area contributed by atoms with Crippen LogP contribution in [0.3, 0.4) is 0 Å². The van der Waals surface area contributed by atoms with Gasteiger partial charge in [0, 0.05) is 38.4 Å². The summed E-state index contributed by atoms with van der Waals surface area (Å²) in [7, 11) is 0. The van der Waals surface area contributed by atoms with Crippen LogP contribution in [-0.2, 0) is 33.3 Å². The Labute approximate surface area is 351 Å². The van der Waals surface area contributed by atoms with E-state index < -0.39 is 42.1 Å². The zero-order valence-corrected chi connectivity index (χ0v) is 35.2. The van der Waals surface area contributed by atoms with Crippen LogP contribution in [0.2, 0.25) is 0 Å². The Balaban J connectivity index is 1.04. The van der Waals surface area contributed by atoms with Crippen molar-refractivity contribution in [1.82, 2.24) is 16.0 Å². The minimum atomic E-state index is -1.67. The lowest BCUT2D eigenvalue weighted by molar-refractivity contribution is -0.195. The normalized spacial score (nSPS) is 27.5. The van der Waals surface area contributed by atoms with E-state index in [0.717, 1.165) is 34.2 Å². The van der Waals surface area contributed by atoms with Gasteiger partial charge in [0.05, 0.1) is 36.7 Å². The third-order valence-electron chi connectivity index (χ3n) is 11.1. The second kappa shape index (κ2) is 21.1. The summed E-state index contributed by atoms with van der Waals surface area (Å²) >= 11 is 6.13. The Kier molecular flexibility index (Phi) is 16.3. The first-order valence-electron chi connectivity index (χ1n) is 20.3. The smallest absolute Gasteiger partial charge is 0.407 e. The van der Waals surface area contributed by atoms with Gasteiger partial charge in [0.2, 0.25) is 11.8 Å². The monoisotopic (exact) mass is 835 g/mol. The number of hydrogen-bond donors (Lipinski definition) is 5. The lowest BCUT2D eigenvalue weighted by atomic mass is 9.84. The van der Waals surface area contributed by atoms with E-state index in [4.69, 9.17) is 30.5 Å². The summed E-state index contributed by atoms with van der Waals surface area (Å²) in [5.41, 5.74) is 3.72. The molecule has 13 nitrogen and oxygen atoms in total. The summed E-state index contributed by atoms with van der Waals surface area (Å²) in [4.78, 5) is 49.0. The van der Waals surface area contributed by atoms with Gasteiger partial charge in [-0.1, -0.05) is 79.3 Å². The Hall–Kier alpha value is -4.53. The van der Waals surface area contributed by atoms with E-state index in [1.165, 1.54) is 19.1 Å². The number of carbonyl (C=O) groups excluding carboxylic acids is 4. The van der Waals surface area contributed by atoms with Crippen LogP contribution in [0.5, 0.6) is 0 Å². The number of amides is 3. The van der Waals surface area contributed by atoms with Crippen molar-refractivity contribution in [3.8, 4) is 11.1 Å². The van der Waals surface area contributed by atoms with Crippen LogP contribution >= 0.6 is 11.6 Å². The highest BCUT2D eigenvalue weighted by atomic mass is 35.5. The van der Waals surface area contributed by atoms with Crippen LogP contribution in [0, 0.1) is 5.92 Å². The molecule has 0 aromatic heterocycles. The van der Waals surface area contributed by atoms with Crippen molar-refractivity contribution >= 4 is 35.5 Å². The Morgan fingerprint density at radius 3 is 2.31 bits per heavy atom. The number of aliphatic hydroxyl groups is 2. The summed E-state index contributed by atoms with van der Waals surface area (Å²) in [6, 6.07) is 16.0. The number of alkyl carbamates (subject to hydrolysis) is 1. The van der Waals surface area contributed by atoms with E-state index >= 15 is 0 Å². The highest BCUT2D eigenvalue weighted by Crippen LogP contribution is 2.44. The third-order valence-corrected chi connectivity index (χ3v) is 11.6. The van der Waals surface area contributed by atoms with Gasteiger partial charge in [0.1, 0.15) is 30.5 Å². The van der Waals surface area contributed by atoms with Crippen molar-refractivity contribution < 1.29 is 48.3 Å². The van der Waals surface area contributed by atoms with Crippen LogP contribution < -0.4 is 16.0 Å². The predicted octanol–water partition coefficient (Wildman–Crippen LogP) is 5.22. The van der Waals surface area contributed by atoms with Gasteiger partial charge in [0.25, 0.3) is 0 Å². The Bertz CT molecular complexity index is 1840. The van der Waals surface area contributed by atoms with Crippen LogP contribution in [0.15, 0.2) is 84.5 Å². The fourth-order valence-corrected chi connectivity index (χ4v) is 8.22. The Morgan fingerprint density at radius 1 is 0.983 bits per heavy atom. The van der Waals surface area contributed by atoms with E-state index in [9.17, 15) is 29.4 Å². The lowest BCUT2D eigenvalue weighted by Crippen LogP contribution is -2.58. The van der Waals surface area contributed by atoms with Gasteiger partial charge >= 0.3 is 12.1 Å². The molecule has 3 aliphatic rings. The number of hydrogen-bond acceptors (Lipinski definition) is 10. The Morgan fingerprint density at radius 2 is 1.64 bits per heavy atom. The molecule has 0 saturated carbocycles. The minimum absolute atomic E-state index is 0.0392. The maximum absolute atomic E-state index is 12.9. The molecule has 5 N–H and O–H groups in total. The fraction of sp³-hybridized carbons (Fsp3) is 0.511. The van der Waals surface area contributed by atoms with Gasteiger partial charge < -0.3 is 45.1 Å². The van der Waals surface area contributed by atoms with Crippen LogP contribution in [0.4, 0.5) is 4.79 Å². The summed E-state index contributed by atoms with van der Waals surface area (Å²) in [5, 5.41) is 30.6. The quantitative estimate of drug-likeness (QED) is 0.0495. The molecule has 0 spiro atoms. The fourth-order valence-electron chi connectivity index (χ4n) is 7.95. The van der Waals surface area contributed by atoms with Crippen molar-refractivity contribution in [2.24, 2.45) is 5.92 Å². The number of fused-ring (bicyclic) bond motifs is 3. The summed E-state index contributed by atoms with van der Waals surface area (Å²) in [6.07, 6.45) is 5.19. The standard InChI is InChI=1S/C45H58ClN3O10/c1-27(14-17-39-28(2)22-38(30(4)58-39)49-41(51)19-16-29(3)57-31(5)50)15-18-40-43(53)45(55,26-46)24-32(59-40)23-42(52)47-20-21-48-44(54)56-25-37-35-12-8-6-10-33(35)34-11-7-9-13-36(34)37/h6-16,18-19,28-30,32,37-40,43,53,55H,17,20-26H2,1-5H3,(H,47,52)(H,48,54)(H,49,51)/b18-15+,19-16-,27-14+/t28-,29-,30+,32+,38+,39-,40+,43+,45+/m0/s1. The minimum Gasteiger partial charge on any atom is -0.459 e. The molecule has 14 heteroatoms.